The number of hydrogen-bond donors (Lipinski definition) is 0. The highest BCUT2D eigenvalue weighted by Crippen LogP contribution is 2.41. The summed E-state index contributed by atoms with van der Waals surface area (Å²) in [5, 5.41) is -0.355. The van der Waals surface area contributed by atoms with Gasteiger partial charge >= 0.3 is 6.18 Å². The summed E-state index contributed by atoms with van der Waals surface area (Å²) in [5.74, 6) is 0.621. The second-order valence-corrected chi connectivity index (χ2v) is 10.1. The molecule has 0 saturated carbocycles. The highest BCUT2D eigenvalue weighted by Gasteiger charge is 2.42. The van der Waals surface area contributed by atoms with Crippen molar-refractivity contribution in [3.8, 4) is 0 Å². The van der Waals surface area contributed by atoms with E-state index in [0.717, 1.165) is 25.7 Å². The predicted octanol–water partition coefficient (Wildman–Crippen LogP) is 5.81. The molecule has 1 aliphatic rings. The van der Waals surface area contributed by atoms with Crippen LogP contribution in [0.15, 0.2) is 42.5 Å². The molecule has 1 heterocycles. The van der Waals surface area contributed by atoms with Crippen molar-refractivity contribution in [3.63, 3.8) is 0 Å². The van der Waals surface area contributed by atoms with Gasteiger partial charge in [0.2, 0.25) is 0 Å². The number of hydrogen-bond acceptors (Lipinski definition) is 1. The van der Waals surface area contributed by atoms with Gasteiger partial charge in [-0.1, -0.05) is 62.4 Å². The predicted molar refractivity (Wildman–Crippen MR) is 104 cm³/mol. The molecule has 1 saturated heterocycles. The van der Waals surface area contributed by atoms with Gasteiger partial charge in [-0.05, 0) is 37.2 Å². The summed E-state index contributed by atoms with van der Waals surface area (Å²) in [6, 6.07) is 10.5. The Balaban J connectivity index is 2.25. The molecule has 1 nitrogen and oxygen atoms in total. The summed E-state index contributed by atoms with van der Waals surface area (Å²) in [4.78, 5) is 0. The number of rotatable bonds is 8. The lowest BCUT2D eigenvalue weighted by Gasteiger charge is -2.44. The largest absolute Gasteiger partial charge is 0.388 e. The highest BCUT2D eigenvalue weighted by molar-refractivity contribution is 6.40. The average Bonchev–Trinajstić information content (AvgIpc) is 2.59. The molecule has 0 aromatic heterocycles. The van der Waals surface area contributed by atoms with Crippen LogP contribution in [0.3, 0.4) is 0 Å². The van der Waals surface area contributed by atoms with Gasteiger partial charge in [0.25, 0.3) is 0 Å². The molecule has 2 atom stereocenters. The van der Waals surface area contributed by atoms with Crippen LogP contribution in [0.5, 0.6) is 0 Å². The number of allylic oxidation sites excluding steroid dienone is 2. The summed E-state index contributed by atoms with van der Waals surface area (Å²) in [6.07, 6.45) is 3.43. The third-order valence-electron chi connectivity index (χ3n) is 5.17. The minimum absolute atomic E-state index is 0.152. The van der Waals surface area contributed by atoms with E-state index in [9.17, 15) is 13.2 Å². The van der Waals surface area contributed by atoms with E-state index in [2.05, 4.69) is 38.1 Å². The van der Waals surface area contributed by atoms with E-state index >= 15 is 0 Å². The first-order valence-electron chi connectivity index (χ1n) is 9.75. The van der Waals surface area contributed by atoms with E-state index in [1.165, 1.54) is 5.56 Å². The van der Waals surface area contributed by atoms with Crippen molar-refractivity contribution in [1.82, 2.24) is 0 Å². The lowest BCUT2D eigenvalue weighted by molar-refractivity contribution is -0.131. The lowest BCUT2D eigenvalue weighted by Crippen LogP contribution is -2.47. The van der Waals surface area contributed by atoms with E-state index in [1.54, 1.807) is 0 Å². The van der Waals surface area contributed by atoms with Crippen LogP contribution >= 0.6 is 0 Å². The molecule has 2 unspecified atom stereocenters. The smallest absolute Gasteiger partial charge is 0.379 e. The van der Waals surface area contributed by atoms with Crippen molar-refractivity contribution in [2.75, 3.05) is 6.61 Å². The van der Waals surface area contributed by atoms with Crippen LogP contribution in [0, 0.1) is 5.92 Å². The van der Waals surface area contributed by atoms with Crippen molar-refractivity contribution >= 4 is 9.52 Å². The van der Waals surface area contributed by atoms with E-state index in [0.29, 0.717) is 12.5 Å². The maximum atomic E-state index is 12.7. The van der Waals surface area contributed by atoms with E-state index in [1.807, 2.05) is 18.2 Å². The molecule has 0 radical (unpaired) electrons. The van der Waals surface area contributed by atoms with Crippen LogP contribution < -0.4 is 0 Å². The Morgan fingerprint density at radius 3 is 2.50 bits per heavy atom. The Morgan fingerprint density at radius 1 is 1.19 bits per heavy atom. The summed E-state index contributed by atoms with van der Waals surface area (Å²) < 4.78 is 44.5. The van der Waals surface area contributed by atoms with Gasteiger partial charge in [0.15, 0.2) is 0 Å². The molecule has 0 spiro atoms. The van der Waals surface area contributed by atoms with Crippen molar-refractivity contribution in [1.29, 1.82) is 0 Å². The van der Waals surface area contributed by atoms with Crippen LogP contribution in [0.4, 0.5) is 13.2 Å². The number of ether oxygens (including phenoxy) is 1. The first kappa shape index (κ1) is 21.2. The number of halogens is 3. The van der Waals surface area contributed by atoms with Gasteiger partial charge in [-0.15, -0.1) is 0 Å². The molecule has 0 N–H and O–H groups in total. The summed E-state index contributed by atoms with van der Waals surface area (Å²) >= 11 is 0. The van der Waals surface area contributed by atoms with Gasteiger partial charge in [-0.25, -0.2) is 0 Å². The monoisotopic (exact) mass is 384 g/mol. The van der Waals surface area contributed by atoms with Gasteiger partial charge in [0, 0.05) is 18.9 Å². The van der Waals surface area contributed by atoms with Crippen molar-refractivity contribution < 1.29 is 17.9 Å². The van der Waals surface area contributed by atoms with Crippen LogP contribution in [-0.2, 0) is 4.74 Å². The molecule has 26 heavy (non-hydrogen) atoms. The summed E-state index contributed by atoms with van der Waals surface area (Å²) in [5.41, 5.74) is 1.20. The maximum Gasteiger partial charge on any atom is 0.388 e. The second-order valence-electron chi connectivity index (χ2n) is 7.71. The zero-order valence-corrected chi connectivity index (χ0v) is 17.3. The third kappa shape index (κ3) is 6.58. The molecule has 1 fully saturated rings. The van der Waals surface area contributed by atoms with Gasteiger partial charge in [0.1, 0.15) is 0 Å². The first-order valence-corrected chi connectivity index (χ1v) is 11.5. The topological polar surface area (TPSA) is 9.23 Å². The lowest BCUT2D eigenvalue weighted by atomic mass is 9.85. The molecule has 146 valence electrons. The fraction of sp³-hybridized carbons (Fsp3) is 0.619. The van der Waals surface area contributed by atoms with E-state index in [4.69, 9.17) is 4.74 Å². The normalized spacial score (nSPS) is 23.3. The van der Waals surface area contributed by atoms with Crippen LogP contribution in [-0.4, -0.2) is 27.5 Å². The van der Waals surface area contributed by atoms with E-state index < -0.39 is 22.1 Å². The van der Waals surface area contributed by atoms with Gasteiger partial charge in [-0.3, -0.25) is 0 Å². The highest BCUT2D eigenvalue weighted by atomic mass is 28.2. The SMILES string of the molecule is CC(C)C=CCC(c1ccccc1)C1([SiH2]CCC(F)(F)F)CCCCO1. The number of alkyl halides is 3. The molecule has 1 aromatic carbocycles. The zero-order chi connectivity index (χ0) is 19.0. The maximum absolute atomic E-state index is 12.7. The van der Waals surface area contributed by atoms with Gasteiger partial charge in [-0.2, -0.15) is 13.2 Å². The van der Waals surface area contributed by atoms with Crippen molar-refractivity contribution in [2.24, 2.45) is 5.92 Å². The Bertz CT molecular complexity index is 548. The first-order chi connectivity index (χ1) is 12.3. The van der Waals surface area contributed by atoms with Crippen molar-refractivity contribution in [3.05, 3.63) is 48.0 Å². The Kier molecular flexibility index (Phi) is 7.96. The fourth-order valence-electron chi connectivity index (χ4n) is 3.93. The molecule has 1 aromatic rings. The van der Waals surface area contributed by atoms with Crippen LogP contribution in [0.1, 0.15) is 57.4 Å². The standard InChI is InChI=1S/C21H31F3OSi/c1-17(2)9-8-12-19(18-10-4-3-5-11-18)20(13-6-7-15-25-20)26-16-14-21(22,23)24/h3-5,8-11,17,19H,6-7,12-16,26H2,1-2H3. The molecule has 5 heteroatoms. The zero-order valence-electron chi connectivity index (χ0n) is 15.9. The van der Waals surface area contributed by atoms with Gasteiger partial charge < -0.3 is 4.74 Å². The fourth-order valence-corrected chi connectivity index (χ4v) is 6.65. The minimum atomic E-state index is -4.07. The molecule has 0 amide bonds. The summed E-state index contributed by atoms with van der Waals surface area (Å²) in [7, 11) is -1.04. The molecular formula is C21H31F3OSi. The van der Waals surface area contributed by atoms with Crippen molar-refractivity contribution in [2.45, 2.75) is 69.3 Å². The molecule has 0 bridgehead atoms. The minimum Gasteiger partial charge on any atom is -0.379 e. The Labute approximate surface area is 157 Å². The van der Waals surface area contributed by atoms with Crippen LogP contribution in [0.2, 0.25) is 6.04 Å². The quantitative estimate of drug-likeness (QED) is 0.406. The Morgan fingerprint density at radius 2 is 1.92 bits per heavy atom. The third-order valence-corrected chi connectivity index (χ3v) is 7.78. The molecule has 2 rings (SSSR count). The second kappa shape index (κ2) is 9.74. The molecule has 0 aliphatic carbocycles. The average molecular weight is 385 g/mol. The Hall–Kier alpha value is -1.07. The molecular weight excluding hydrogens is 353 g/mol. The van der Waals surface area contributed by atoms with E-state index in [-0.39, 0.29) is 17.2 Å². The molecule has 1 aliphatic heterocycles. The number of benzene rings is 1. The van der Waals surface area contributed by atoms with Gasteiger partial charge in [0.05, 0.1) is 14.7 Å². The summed E-state index contributed by atoms with van der Waals surface area (Å²) in [6.45, 7) is 4.95. The van der Waals surface area contributed by atoms with Crippen LogP contribution in [0.25, 0.3) is 0 Å².